The highest BCUT2D eigenvalue weighted by molar-refractivity contribution is 6.36. The summed E-state index contributed by atoms with van der Waals surface area (Å²) in [5.41, 5.74) is 3.07. The number of nitriles is 1. The third-order valence-electron chi connectivity index (χ3n) is 5.41. The SMILES string of the molecule is N#Cc1ccc(NC(=O)N2CCN(c3ccc(Cl)cc3Cl)C(c3ccc(Cl)cc3)C2)cc1. The molecule has 2 amide bonds. The summed E-state index contributed by atoms with van der Waals surface area (Å²) in [5.74, 6) is 0. The topological polar surface area (TPSA) is 59.4 Å². The summed E-state index contributed by atoms with van der Waals surface area (Å²) in [5, 5.41) is 13.6. The van der Waals surface area contributed by atoms with Crippen LogP contribution in [-0.4, -0.2) is 30.6 Å². The van der Waals surface area contributed by atoms with Gasteiger partial charge in [0.15, 0.2) is 0 Å². The first kappa shape index (κ1) is 22.3. The number of urea groups is 1. The molecule has 0 aliphatic carbocycles. The van der Waals surface area contributed by atoms with Crippen molar-refractivity contribution < 1.29 is 4.79 Å². The molecule has 1 unspecified atom stereocenters. The van der Waals surface area contributed by atoms with Crippen LogP contribution in [0.15, 0.2) is 66.7 Å². The van der Waals surface area contributed by atoms with Crippen LogP contribution in [-0.2, 0) is 0 Å². The molecule has 3 aromatic carbocycles. The van der Waals surface area contributed by atoms with Crippen molar-refractivity contribution >= 4 is 52.2 Å². The van der Waals surface area contributed by atoms with Gasteiger partial charge >= 0.3 is 6.03 Å². The van der Waals surface area contributed by atoms with Gasteiger partial charge in [0.25, 0.3) is 0 Å². The summed E-state index contributed by atoms with van der Waals surface area (Å²) >= 11 is 18.7. The predicted octanol–water partition coefficient (Wildman–Crippen LogP) is 6.61. The number of nitrogens with zero attached hydrogens (tertiary/aromatic N) is 3. The third-order valence-corrected chi connectivity index (χ3v) is 6.20. The average molecular weight is 486 g/mol. The molecule has 8 heteroatoms. The van der Waals surface area contributed by atoms with Crippen LogP contribution >= 0.6 is 34.8 Å². The molecule has 1 N–H and O–H groups in total. The largest absolute Gasteiger partial charge is 0.360 e. The molecule has 4 rings (SSSR count). The number of benzene rings is 3. The van der Waals surface area contributed by atoms with Gasteiger partial charge in [-0.2, -0.15) is 5.26 Å². The lowest BCUT2D eigenvalue weighted by molar-refractivity contribution is 0.198. The molecule has 1 saturated heterocycles. The molecule has 0 saturated carbocycles. The van der Waals surface area contributed by atoms with Gasteiger partial charge in [-0.05, 0) is 60.2 Å². The molecular weight excluding hydrogens is 467 g/mol. The molecule has 3 aromatic rings. The standard InChI is InChI=1S/C24H19Cl3N4O/c25-18-5-3-17(4-6-18)23-15-30(24(32)29-20-8-1-16(14-28)2-9-20)11-12-31(23)22-10-7-19(26)13-21(22)27/h1-10,13,23H,11-12,15H2,(H,29,32). The number of nitrogens with one attached hydrogen (secondary N) is 1. The summed E-state index contributed by atoms with van der Waals surface area (Å²) in [7, 11) is 0. The van der Waals surface area contributed by atoms with E-state index in [-0.39, 0.29) is 12.1 Å². The smallest absolute Gasteiger partial charge is 0.321 e. The Morgan fingerprint density at radius 2 is 1.62 bits per heavy atom. The van der Waals surface area contributed by atoms with Crippen LogP contribution in [0.4, 0.5) is 16.2 Å². The number of amides is 2. The molecule has 0 radical (unpaired) electrons. The number of halogens is 3. The van der Waals surface area contributed by atoms with E-state index >= 15 is 0 Å². The van der Waals surface area contributed by atoms with Crippen LogP contribution in [0.5, 0.6) is 0 Å². The highest BCUT2D eigenvalue weighted by Gasteiger charge is 2.32. The lowest BCUT2D eigenvalue weighted by atomic mass is 10.0. The van der Waals surface area contributed by atoms with E-state index in [9.17, 15) is 4.79 Å². The summed E-state index contributed by atoms with van der Waals surface area (Å²) < 4.78 is 0. The van der Waals surface area contributed by atoms with E-state index < -0.39 is 0 Å². The van der Waals surface area contributed by atoms with E-state index in [0.717, 1.165) is 11.3 Å². The van der Waals surface area contributed by atoms with Gasteiger partial charge in [-0.3, -0.25) is 0 Å². The molecular formula is C24H19Cl3N4O. The highest BCUT2D eigenvalue weighted by atomic mass is 35.5. The first-order valence-electron chi connectivity index (χ1n) is 9.98. The van der Waals surface area contributed by atoms with Crippen molar-refractivity contribution in [3.8, 4) is 6.07 Å². The minimum absolute atomic E-state index is 0.119. The molecule has 1 atom stereocenters. The summed E-state index contributed by atoms with van der Waals surface area (Å²) in [6.45, 7) is 1.57. The zero-order chi connectivity index (χ0) is 22.7. The summed E-state index contributed by atoms with van der Waals surface area (Å²) in [6.07, 6.45) is 0. The van der Waals surface area contributed by atoms with Crippen LogP contribution in [0.1, 0.15) is 17.2 Å². The molecule has 0 aromatic heterocycles. The molecule has 32 heavy (non-hydrogen) atoms. The van der Waals surface area contributed by atoms with Crippen LogP contribution in [0, 0.1) is 11.3 Å². The van der Waals surface area contributed by atoms with Gasteiger partial charge in [0.05, 0.1) is 28.4 Å². The Morgan fingerprint density at radius 1 is 0.938 bits per heavy atom. The van der Waals surface area contributed by atoms with Crippen LogP contribution < -0.4 is 10.2 Å². The second-order valence-electron chi connectivity index (χ2n) is 7.42. The zero-order valence-corrected chi connectivity index (χ0v) is 19.2. The molecule has 1 aliphatic heterocycles. The fourth-order valence-electron chi connectivity index (χ4n) is 3.77. The van der Waals surface area contributed by atoms with Crippen molar-refractivity contribution in [3.63, 3.8) is 0 Å². The van der Waals surface area contributed by atoms with Gasteiger partial charge in [-0.15, -0.1) is 0 Å². The van der Waals surface area contributed by atoms with Crippen molar-refractivity contribution in [1.29, 1.82) is 5.26 Å². The Morgan fingerprint density at radius 3 is 2.28 bits per heavy atom. The number of piperazine rings is 1. The van der Waals surface area contributed by atoms with Crippen LogP contribution in [0.2, 0.25) is 15.1 Å². The lowest BCUT2D eigenvalue weighted by Crippen LogP contribution is -2.51. The van der Waals surface area contributed by atoms with Gasteiger partial charge in [0.1, 0.15) is 0 Å². The van der Waals surface area contributed by atoms with Crippen molar-refractivity contribution in [2.45, 2.75) is 6.04 Å². The first-order chi connectivity index (χ1) is 15.4. The van der Waals surface area contributed by atoms with Gasteiger partial charge in [-0.1, -0.05) is 46.9 Å². The number of rotatable bonds is 3. The molecule has 0 bridgehead atoms. The van der Waals surface area contributed by atoms with E-state index in [1.165, 1.54) is 0 Å². The minimum Gasteiger partial charge on any atom is -0.360 e. The highest BCUT2D eigenvalue weighted by Crippen LogP contribution is 2.37. The molecule has 0 spiro atoms. The second kappa shape index (κ2) is 9.70. The summed E-state index contributed by atoms with van der Waals surface area (Å²) in [6, 6.07) is 21.6. The van der Waals surface area contributed by atoms with Crippen molar-refractivity contribution in [2.24, 2.45) is 0 Å². The van der Waals surface area contributed by atoms with Crippen LogP contribution in [0.25, 0.3) is 0 Å². The Kier molecular flexibility index (Phi) is 6.76. The maximum Gasteiger partial charge on any atom is 0.321 e. The predicted molar refractivity (Wildman–Crippen MR) is 130 cm³/mol. The van der Waals surface area contributed by atoms with E-state index in [0.29, 0.717) is 46.0 Å². The van der Waals surface area contributed by atoms with Crippen molar-refractivity contribution in [3.05, 3.63) is 92.9 Å². The molecule has 1 heterocycles. The normalized spacial score (nSPS) is 15.9. The number of carbonyl (C=O) groups is 1. The Bertz CT molecular complexity index is 1160. The molecule has 162 valence electrons. The van der Waals surface area contributed by atoms with Crippen molar-refractivity contribution in [2.75, 3.05) is 29.9 Å². The number of hydrogen-bond acceptors (Lipinski definition) is 3. The third kappa shape index (κ3) is 4.94. The molecule has 5 nitrogen and oxygen atoms in total. The van der Waals surface area contributed by atoms with Gasteiger partial charge in [-0.25, -0.2) is 4.79 Å². The first-order valence-corrected chi connectivity index (χ1v) is 11.1. The Labute approximate surface area is 201 Å². The fraction of sp³-hybridized carbons (Fsp3) is 0.167. The minimum atomic E-state index is -0.199. The van der Waals surface area contributed by atoms with Gasteiger partial charge in [0.2, 0.25) is 0 Å². The van der Waals surface area contributed by atoms with Gasteiger partial charge in [0, 0.05) is 35.4 Å². The lowest BCUT2D eigenvalue weighted by Gasteiger charge is -2.43. The number of anilines is 2. The Balaban J connectivity index is 1.58. The molecule has 1 fully saturated rings. The number of hydrogen-bond donors (Lipinski definition) is 1. The quantitative estimate of drug-likeness (QED) is 0.454. The van der Waals surface area contributed by atoms with Crippen molar-refractivity contribution in [1.82, 2.24) is 4.90 Å². The Hall–Kier alpha value is -2.91. The second-order valence-corrected chi connectivity index (χ2v) is 8.70. The fourth-order valence-corrected chi connectivity index (χ4v) is 4.41. The molecule has 1 aliphatic rings. The van der Waals surface area contributed by atoms with E-state index in [1.54, 1.807) is 35.2 Å². The number of carbonyl (C=O) groups excluding carboxylic acids is 1. The van der Waals surface area contributed by atoms with Gasteiger partial charge < -0.3 is 15.1 Å². The maximum absolute atomic E-state index is 13.0. The van der Waals surface area contributed by atoms with Crippen LogP contribution in [0.3, 0.4) is 0 Å². The summed E-state index contributed by atoms with van der Waals surface area (Å²) in [4.78, 5) is 16.9. The van der Waals surface area contributed by atoms with E-state index in [4.69, 9.17) is 40.1 Å². The maximum atomic E-state index is 13.0. The zero-order valence-electron chi connectivity index (χ0n) is 16.9. The van der Waals surface area contributed by atoms with E-state index in [1.807, 2.05) is 36.4 Å². The van der Waals surface area contributed by atoms with E-state index in [2.05, 4.69) is 16.3 Å². The average Bonchev–Trinajstić information content (AvgIpc) is 2.80. The monoisotopic (exact) mass is 484 g/mol.